The summed E-state index contributed by atoms with van der Waals surface area (Å²) in [5.74, 6) is 1.44. The number of furan rings is 1. The van der Waals surface area contributed by atoms with Crippen molar-refractivity contribution in [2.45, 2.75) is 49.9 Å². The van der Waals surface area contributed by atoms with E-state index in [4.69, 9.17) is 9.15 Å². The van der Waals surface area contributed by atoms with Gasteiger partial charge in [0.2, 0.25) is 5.91 Å². The second-order valence-electron chi connectivity index (χ2n) is 7.60. The number of methoxy groups -OCH3 is 1. The van der Waals surface area contributed by atoms with E-state index in [1.165, 1.54) is 0 Å². The Morgan fingerprint density at radius 2 is 2.07 bits per heavy atom. The van der Waals surface area contributed by atoms with Crippen LogP contribution >= 0.6 is 0 Å². The normalized spacial score (nSPS) is 27.5. The number of benzene rings is 1. The molecule has 0 spiro atoms. The van der Waals surface area contributed by atoms with Gasteiger partial charge in [-0.25, -0.2) is 0 Å². The van der Waals surface area contributed by atoms with Gasteiger partial charge < -0.3 is 19.6 Å². The molecule has 1 aromatic carbocycles. The van der Waals surface area contributed by atoms with Gasteiger partial charge in [0, 0.05) is 18.6 Å². The van der Waals surface area contributed by atoms with Crippen LogP contribution in [0.5, 0.6) is 5.75 Å². The molecule has 6 nitrogen and oxygen atoms in total. The van der Waals surface area contributed by atoms with E-state index in [9.17, 15) is 9.90 Å². The maximum absolute atomic E-state index is 12.5. The molecule has 2 aliphatic heterocycles. The van der Waals surface area contributed by atoms with Crippen LogP contribution in [0.25, 0.3) is 0 Å². The Balaban J connectivity index is 1.34. The molecular weight excluding hydrogens is 344 g/mol. The fourth-order valence-corrected chi connectivity index (χ4v) is 4.52. The first-order valence-electron chi connectivity index (χ1n) is 9.49. The number of fused-ring (bicyclic) bond motifs is 2. The fraction of sp³-hybridized carbons (Fsp3) is 0.476. The van der Waals surface area contributed by atoms with E-state index >= 15 is 0 Å². The lowest BCUT2D eigenvalue weighted by Crippen LogP contribution is -2.52. The number of carbonyl (C=O) groups is 1. The number of nitrogens with one attached hydrogen (secondary N) is 1. The summed E-state index contributed by atoms with van der Waals surface area (Å²) < 4.78 is 10.7. The maximum Gasteiger partial charge on any atom is 0.234 e. The van der Waals surface area contributed by atoms with Crippen molar-refractivity contribution in [3.8, 4) is 5.75 Å². The Morgan fingerprint density at radius 3 is 2.74 bits per heavy atom. The number of hydrogen-bond acceptors (Lipinski definition) is 5. The Morgan fingerprint density at radius 1 is 1.30 bits per heavy atom. The summed E-state index contributed by atoms with van der Waals surface area (Å²) in [5.41, 5.74) is 0.0969. The summed E-state index contributed by atoms with van der Waals surface area (Å²) in [7, 11) is 1.63. The molecule has 2 saturated heterocycles. The molecule has 1 aromatic heterocycles. The standard InChI is InChI=1S/C21H26N2O4/c1-26-18-5-2-4-15(10-18)13-22-20(24)14-23-16-7-8-17(23)12-21(25,11-16)19-6-3-9-27-19/h2-6,9-10,16-17,25H,7-8,11-14H2,1H3,(H,22,24)/t16-,17-/m0/s1. The zero-order chi connectivity index (χ0) is 18.9. The topological polar surface area (TPSA) is 74.9 Å². The second kappa shape index (κ2) is 7.37. The molecular formula is C21H26N2O4. The van der Waals surface area contributed by atoms with Crippen molar-refractivity contribution in [3.63, 3.8) is 0 Å². The monoisotopic (exact) mass is 370 g/mol. The number of hydrogen-bond donors (Lipinski definition) is 2. The third kappa shape index (κ3) is 3.73. The minimum atomic E-state index is -0.914. The minimum absolute atomic E-state index is 0.0122. The van der Waals surface area contributed by atoms with E-state index in [1.54, 1.807) is 13.4 Å². The van der Waals surface area contributed by atoms with E-state index in [1.807, 2.05) is 36.4 Å². The third-order valence-corrected chi connectivity index (χ3v) is 5.85. The van der Waals surface area contributed by atoms with Crippen LogP contribution < -0.4 is 10.1 Å². The van der Waals surface area contributed by atoms with Crippen LogP contribution in [-0.4, -0.2) is 41.7 Å². The van der Waals surface area contributed by atoms with Gasteiger partial charge in [-0.15, -0.1) is 0 Å². The number of piperidine rings is 1. The number of nitrogens with zero attached hydrogens (tertiary/aromatic N) is 1. The highest BCUT2D eigenvalue weighted by Crippen LogP contribution is 2.45. The number of carbonyl (C=O) groups excluding carboxylic acids is 1. The van der Waals surface area contributed by atoms with Gasteiger partial charge in [0.1, 0.15) is 17.1 Å². The molecule has 1 amide bonds. The summed E-state index contributed by atoms with van der Waals surface area (Å²) in [4.78, 5) is 14.7. The SMILES string of the molecule is COc1cccc(CNC(=O)CN2[C@H]3CC[C@H]2CC(O)(c2ccco2)C3)c1. The molecule has 2 aromatic rings. The van der Waals surface area contributed by atoms with Crippen LogP contribution in [0, 0.1) is 0 Å². The van der Waals surface area contributed by atoms with Crippen molar-refractivity contribution < 1.29 is 19.1 Å². The van der Waals surface area contributed by atoms with Gasteiger partial charge in [-0.2, -0.15) is 0 Å². The maximum atomic E-state index is 12.5. The van der Waals surface area contributed by atoms with Crippen molar-refractivity contribution in [2.24, 2.45) is 0 Å². The molecule has 3 heterocycles. The molecule has 0 radical (unpaired) electrons. The summed E-state index contributed by atoms with van der Waals surface area (Å²) >= 11 is 0. The highest BCUT2D eigenvalue weighted by Gasteiger charge is 2.49. The predicted octanol–water partition coefficient (Wildman–Crippen LogP) is 2.42. The predicted molar refractivity (Wildman–Crippen MR) is 100 cm³/mol. The molecule has 0 unspecified atom stereocenters. The van der Waals surface area contributed by atoms with Gasteiger partial charge in [0.05, 0.1) is 19.9 Å². The Kier molecular flexibility index (Phi) is 4.93. The Hall–Kier alpha value is -2.31. The zero-order valence-electron chi connectivity index (χ0n) is 15.6. The lowest BCUT2D eigenvalue weighted by molar-refractivity contribution is -0.126. The molecule has 2 atom stereocenters. The molecule has 0 saturated carbocycles. The van der Waals surface area contributed by atoms with Gasteiger partial charge in [0.15, 0.2) is 0 Å². The van der Waals surface area contributed by atoms with Gasteiger partial charge in [0.25, 0.3) is 0 Å². The van der Waals surface area contributed by atoms with Gasteiger partial charge >= 0.3 is 0 Å². The van der Waals surface area contributed by atoms with Crippen LogP contribution in [0.3, 0.4) is 0 Å². The highest BCUT2D eigenvalue weighted by atomic mass is 16.5. The average Bonchev–Trinajstić information content (AvgIpc) is 3.29. The smallest absolute Gasteiger partial charge is 0.234 e. The van der Waals surface area contributed by atoms with Crippen LogP contribution in [0.2, 0.25) is 0 Å². The third-order valence-electron chi connectivity index (χ3n) is 5.85. The van der Waals surface area contributed by atoms with E-state index in [0.29, 0.717) is 31.7 Å². The van der Waals surface area contributed by atoms with Crippen LogP contribution in [0.4, 0.5) is 0 Å². The molecule has 6 heteroatoms. The highest BCUT2D eigenvalue weighted by molar-refractivity contribution is 5.78. The quantitative estimate of drug-likeness (QED) is 0.817. The van der Waals surface area contributed by atoms with E-state index in [2.05, 4.69) is 10.2 Å². The second-order valence-corrected chi connectivity index (χ2v) is 7.60. The molecule has 4 rings (SSSR count). The van der Waals surface area contributed by atoms with Crippen LogP contribution in [0.1, 0.15) is 37.0 Å². The minimum Gasteiger partial charge on any atom is -0.497 e. The number of amides is 1. The summed E-state index contributed by atoms with van der Waals surface area (Å²) in [6.07, 6.45) is 4.85. The lowest BCUT2D eigenvalue weighted by atomic mass is 9.84. The fourth-order valence-electron chi connectivity index (χ4n) is 4.52. The first kappa shape index (κ1) is 18.1. The number of ether oxygens (including phenoxy) is 1. The van der Waals surface area contributed by atoms with Gasteiger partial charge in [-0.1, -0.05) is 12.1 Å². The van der Waals surface area contributed by atoms with Crippen molar-refractivity contribution in [1.29, 1.82) is 0 Å². The van der Waals surface area contributed by atoms with Gasteiger partial charge in [-0.3, -0.25) is 9.69 Å². The summed E-state index contributed by atoms with van der Waals surface area (Å²) in [5, 5.41) is 14.0. The van der Waals surface area contributed by atoms with Gasteiger partial charge in [-0.05, 0) is 55.5 Å². The number of aliphatic hydroxyl groups is 1. The van der Waals surface area contributed by atoms with Crippen molar-refractivity contribution in [1.82, 2.24) is 10.2 Å². The first-order valence-corrected chi connectivity index (χ1v) is 9.49. The lowest BCUT2D eigenvalue weighted by Gasteiger charge is -2.42. The van der Waals surface area contributed by atoms with Crippen LogP contribution in [-0.2, 0) is 16.9 Å². The van der Waals surface area contributed by atoms with E-state index < -0.39 is 5.60 Å². The summed E-state index contributed by atoms with van der Waals surface area (Å²) in [6.45, 7) is 0.850. The molecule has 2 fully saturated rings. The largest absolute Gasteiger partial charge is 0.497 e. The van der Waals surface area contributed by atoms with E-state index in [0.717, 1.165) is 24.2 Å². The molecule has 2 N–H and O–H groups in total. The molecule has 2 aliphatic rings. The van der Waals surface area contributed by atoms with Crippen LogP contribution in [0.15, 0.2) is 47.1 Å². The Bertz CT molecular complexity index is 775. The molecule has 0 aliphatic carbocycles. The molecule has 27 heavy (non-hydrogen) atoms. The zero-order valence-corrected chi connectivity index (χ0v) is 15.6. The number of rotatable bonds is 6. The average molecular weight is 370 g/mol. The molecule has 2 bridgehead atoms. The van der Waals surface area contributed by atoms with Crippen molar-refractivity contribution >= 4 is 5.91 Å². The summed E-state index contributed by atoms with van der Waals surface area (Å²) in [6, 6.07) is 11.8. The van der Waals surface area contributed by atoms with Crippen molar-refractivity contribution in [2.75, 3.05) is 13.7 Å². The first-order chi connectivity index (χ1) is 13.1. The Labute approximate surface area is 159 Å². The molecule has 144 valence electrons. The van der Waals surface area contributed by atoms with Crippen molar-refractivity contribution in [3.05, 3.63) is 54.0 Å². The van der Waals surface area contributed by atoms with E-state index in [-0.39, 0.29) is 18.0 Å².